The van der Waals surface area contributed by atoms with E-state index in [1.54, 1.807) is 0 Å². The van der Waals surface area contributed by atoms with Crippen LogP contribution in [-0.2, 0) is 6.42 Å². The van der Waals surface area contributed by atoms with E-state index in [0.29, 0.717) is 0 Å². The van der Waals surface area contributed by atoms with E-state index in [1.807, 2.05) is 24.3 Å². The molecule has 0 unspecified atom stereocenters. The lowest BCUT2D eigenvalue weighted by atomic mass is 10.2. The zero-order chi connectivity index (χ0) is 10.4. The van der Waals surface area contributed by atoms with Gasteiger partial charge in [-0.05, 0) is 24.1 Å². The summed E-state index contributed by atoms with van der Waals surface area (Å²) in [5.41, 5.74) is 6.49. The minimum absolute atomic E-state index is 0.230. The number of aryl methyl sites for hydroxylation is 1. The average Bonchev–Trinajstić information content (AvgIpc) is 2.26. The molecule has 3 heteroatoms. The Bertz CT molecular complexity index is 276. The van der Waals surface area contributed by atoms with Crippen molar-refractivity contribution in [2.45, 2.75) is 19.4 Å². The molecule has 0 spiro atoms. The highest BCUT2D eigenvalue weighted by molar-refractivity contribution is 5.28. The molecule has 14 heavy (non-hydrogen) atoms. The van der Waals surface area contributed by atoms with Gasteiger partial charge in [0.25, 0.3) is 0 Å². The maximum atomic E-state index is 9.20. The van der Waals surface area contributed by atoms with Crippen LogP contribution in [0.25, 0.3) is 0 Å². The predicted octanol–water partition coefficient (Wildman–Crippen LogP) is 0.947. The van der Waals surface area contributed by atoms with Gasteiger partial charge in [-0.1, -0.05) is 19.1 Å². The molecule has 78 valence electrons. The number of hydrogen-bond acceptors (Lipinski definition) is 3. The molecule has 3 nitrogen and oxygen atoms in total. The second kappa shape index (κ2) is 5.62. The number of hydrogen-bond donors (Lipinski definition) is 2. The normalized spacial score (nSPS) is 12.5. The van der Waals surface area contributed by atoms with Gasteiger partial charge >= 0.3 is 0 Å². The number of rotatable bonds is 5. The molecule has 1 aromatic rings. The van der Waals surface area contributed by atoms with Crippen LogP contribution < -0.4 is 10.5 Å². The van der Waals surface area contributed by atoms with Crippen molar-refractivity contribution in [2.24, 2.45) is 5.73 Å². The molecule has 0 aliphatic rings. The van der Waals surface area contributed by atoms with E-state index in [2.05, 4.69) is 6.92 Å². The third kappa shape index (κ3) is 3.36. The van der Waals surface area contributed by atoms with Crippen LogP contribution in [0.3, 0.4) is 0 Å². The van der Waals surface area contributed by atoms with Gasteiger partial charge in [0, 0.05) is 6.54 Å². The minimum Gasteiger partial charge on any atom is -0.491 e. The Morgan fingerprint density at radius 3 is 2.93 bits per heavy atom. The second-order valence-electron chi connectivity index (χ2n) is 3.20. The molecule has 1 aromatic carbocycles. The Balaban J connectivity index is 2.50. The third-order valence-electron chi connectivity index (χ3n) is 2.02. The van der Waals surface area contributed by atoms with Crippen molar-refractivity contribution in [1.82, 2.24) is 0 Å². The quantitative estimate of drug-likeness (QED) is 0.735. The molecule has 0 saturated carbocycles. The van der Waals surface area contributed by atoms with Crippen molar-refractivity contribution < 1.29 is 9.84 Å². The lowest BCUT2D eigenvalue weighted by Gasteiger charge is -2.10. The van der Waals surface area contributed by atoms with Crippen LogP contribution >= 0.6 is 0 Å². The fraction of sp³-hybridized carbons (Fsp3) is 0.455. The van der Waals surface area contributed by atoms with Crippen LogP contribution in [0.4, 0.5) is 0 Å². The molecule has 0 bridgehead atoms. The summed E-state index contributed by atoms with van der Waals surface area (Å²) in [6.45, 7) is 2.57. The SMILES string of the molecule is CCc1cccc(OC[C@@H](O)CN)c1. The Morgan fingerprint density at radius 1 is 1.50 bits per heavy atom. The van der Waals surface area contributed by atoms with Gasteiger partial charge in [-0.25, -0.2) is 0 Å². The second-order valence-corrected chi connectivity index (χ2v) is 3.20. The molecule has 0 amide bonds. The maximum Gasteiger partial charge on any atom is 0.119 e. The molecule has 3 N–H and O–H groups in total. The zero-order valence-electron chi connectivity index (χ0n) is 8.44. The zero-order valence-corrected chi connectivity index (χ0v) is 8.44. The highest BCUT2D eigenvalue weighted by Gasteiger charge is 2.02. The van der Waals surface area contributed by atoms with Crippen LogP contribution in [0, 0.1) is 0 Å². The van der Waals surface area contributed by atoms with Crippen LogP contribution in [0.1, 0.15) is 12.5 Å². The van der Waals surface area contributed by atoms with E-state index in [9.17, 15) is 5.11 Å². The topological polar surface area (TPSA) is 55.5 Å². The smallest absolute Gasteiger partial charge is 0.119 e. The summed E-state index contributed by atoms with van der Waals surface area (Å²) in [6, 6.07) is 7.85. The molecule has 0 aliphatic carbocycles. The largest absolute Gasteiger partial charge is 0.491 e. The van der Waals surface area contributed by atoms with E-state index in [4.69, 9.17) is 10.5 Å². The highest BCUT2D eigenvalue weighted by atomic mass is 16.5. The van der Waals surface area contributed by atoms with Gasteiger partial charge in [0.2, 0.25) is 0 Å². The Labute approximate surface area is 84.5 Å². The van der Waals surface area contributed by atoms with Crippen LogP contribution in [0.5, 0.6) is 5.75 Å². The van der Waals surface area contributed by atoms with E-state index in [-0.39, 0.29) is 13.2 Å². The highest BCUT2D eigenvalue weighted by Crippen LogP contribution is 2.13. The summed E-state index contributed by atoms with van der Waals surface area (Å²) in [5, 5.41) is 9.20. The van der Waals surface area contributed by atoms with Gasteiger partial charge in [0.05, 0.1) is 0 Å². The fourth-order valence-corrected chi connectivity index (χ4v) is 1.12. The average molecular weight is 195 g/mol. The summed E-state index contributed by atoms with van der Waals surface area (Å²) >= 11 is 0. The summed E-state index contributed by atoms with van der Waals surface area (Å²) in [7, 11) is 0. The van der Waals surface area contributed by atoms with Crippen LogP contribution in [-0.4, -0.2) is 24.4 Å². The molecule has 0 heterocycles. The van der Waals surface area contributed by atoms with Crippen molar-refractivity contribution in [1.29, 1.82) is 0 Å². The number of nitrogens with two attached hydrogens (primary N) is 1. The van der Waals surface area contributed by atoms with Crippen molar-refractivity contribution in [3.63, 3.8) is 0 Å². The van der Waals surface area contributed by atoms with Gasteiger partial charge in [-0.2, -0.15) is 0 Å². The number of benzene rings is 1. The Morgan fingerprint density at radius 2 is 2.29 bits per heavy atom. The van der Waals surface area contributed by atoms with E-state index in [0.717, 1.165) is 12.2 Å². The summed E-state index contributed by atoms with van der Waals surface area (Å²) in [6.07, 6.45) is 0.400. The molecular formula is C11H17NO2. The van der Waals surface area contributed by atoms with Gasteiger partial charge in [-0.3, -0.25) is 0 Å². The lowest BCUT2D eigenvalue weighted by molar-refractivity contribution is 0.114. The van der Waals surface area contributed by atoms with Crippen molar-refractivity contribution >= 4 is 0 Å². The Hall–Kier alpha value is -1.06. The van der Waals surface area contributed by atoms with Crippen LogP contribution in [0.2, 0.25) is 0 Å². The first-order chi connectivity index (χ1) is 6.76. The molecule has 0 aliphatic heterocycles. The van der Waals surface area contributed by atoms with E-state index in [1.165, 1.54) is 5.56 Å². The Kier molecular flexibility index (Phi) is 4.43. The number of ether oxygens (including phenoxy) is 1. The summed E-state index contributed by atoms with van der Waals surface area (Å²) in [4.78, 5) is 0. The number of aliphatic hydroxyl groups excluding tert-OH is 1. The monoisotopic (exact) mass is 195 g/mol. The van der Waals surface area contributed by atoms with E-state index < -0.39 is 6.10 Å². The van der Waals surface area contributed by atoms with Gasteiger partial charge in [-0.15, -0.1) is 0 Å². The standard InChI is InChI=1S/C11H17NO2/c1-2-9-4-3-5-11(6-9)14-8-10(13)7-12/h3-6,10,13H,2,7-8,12H2,1H3/t10-/m0/s1. The van der Waals surface area contributed by atoms with Crippen molar-refractivity contribution in [2.75, 3.05) is 13.2 Å². The maximum absolute atomic E-state index is 9.20. The molecule has 1 rings (SSSR count). The third-order valence-corrected chi connectivity index (χ3v) is 2.02. The number of aliphatic hydroxyl groups is 1. The minimum atomic E-state index is -0.583. The molecule has 1 atom stereocenters. The van der Waals surface area contributed by atoms with Crippen molar-refractivity contribution in [3.05, 3.63) is 29.8 Å². The predicted molar refractivity (Wildman–Crippen MR) is 56.4 cm³/mol. The first kappa shape index (κ1) is 11.0. The first-order valence-electron chi connectivity index (χ1n) is 4.86. The molecular weight excluding hydrogens is 178 g/mol. The fourth-order valence-electron chi connectivity index (χ4n) is 1.12. The summed E-state index contributed by atoms with van der Waals surface area (Å²) < 4.78 is 5.37. The summed E-state index contributed by atoms with van der Waals surface area (Å²) in [5.74, 6) is 0.789. The molecule has 0 radical (unpaired) electrons. The van der Waals surface area contributed by atoms with Crippen molar-refractivity contribution in [3.8, 4) is 5.75 Å². The van der Waals surface area contributed by atoms with Gasteiger partial charge in [0.1, 0.15) is 18.5 Å². The van der Waals surface area contributed by atoms with Crippen LogP contribution in [0.15, 0.2) is 24.3 Å². The lowest BCUT2D eigenvalue weighted by Crippen LogP contribution is -2.26. The van der Waals surface area contributed by atoms with Gasteiger partial charge < -0.3 is 15.6 Å². The van der Waals surface area contributed by atoms with Gasteiger partial charge in [0.15, 0.2) is 0 Å². The molecule has 0 fully saturated rings. The van der Waals surface area contributed by atoms with E-state index >= 15 is 0 Å². The molecule has 0 aromatic heterocycles. The molecule has 0 saturated heterocycles. The first-order valence-corrected chi connectivity index (χ1v) is 4.86.